The van der Waals surface area contributed by atoms with E-state index in [0.29, 0.717) is 18.7 Å². The zero-order valence-electron chi connectivity index (χ0n) is 11.8. The Kier molecular flexibility index (Phi) is 5.63. The molecule has 2 heterocycles. The first-order valence-electron chi connectivity index (χ1n) is 7.01. The van der Waals surface area contributed by atoms with Gasteiger partial charge in [0.15, 0.2) is 0 Å². The van der Waals surface area contributed by atoms with Crippen LogP contribution in [-0.4, -0.2) is 63.1 Å². The topological polar surface area (TPSA) is 69.6 Å². The standard InChI is InChI=1S/C13H22N2O3S2/c1-13-4-3-11(17)15(13)10(9-20-13)12(18)14-5-8-19-7-2-6-16/h10,16H,2-9H2,1H3,(H,14,18). The van der Waals surface area contributed by atoms with E-state index in [2.05, 4.69) is 12.2 Å². The van der Waals surface area contributed by atoms with E-state index in [-0.39, 0.29) is 29.3 Å². The Morgan fingerprint density at radius 2 is 2.40 bits per heavy atom. The third-order valence-corrected chi connectivity index (χ3v) is 6.32. The molecule has 114 valence electrons. The van der Waals surface area contributed by atoms with E-state index in [1.807, 2.05) is 0 Å². The molecule has 2 aliphatic heterocycles. The van der Waals surface area contributed by atoms with Crippen molar-refractivity contribution < 1.29 is 14.7 Å². The maximum absolute atomic E-state index is 12.2. The van der Waals surface area contributed by atoms with E-state index in [1.165, 1.54) is 0 Å². The fourth-order valence-corrected chi connectivity index (χ4v) is 4.86. The highest BCUT2D eigenvalue weighted by molar-refractivity contribution is 8.01. The Balaban J connectivity index is 1.74. The Morgan fingerprint density at radius 1 is 1.60 bits per heavy atom. The second-order valence-electron chi connectivity index (χ2n) is 5.25. The van der Waals surface area contributed by atoms with Gasteiger partial charge in [-0.2, -0.15) is 11.8 Å². The number of carbonyl (C=O) groups excluding carboxylic acids is 2. The van der Waals surface area contributed by atoms with Crippen molar-refractivity contribution in [3.8, 4) is 0 Å². The number of carbonyl (C=O) groups is 2. The third kappa shape index (κ3) is 3.43. The second-order valence-corrected chi connectivity index (χ2v) is 7.97. The number of thioether (sulfide) groups is 2. The SMILES string of the molecule is CC12CCC(=O)N1C(C(=O)NCCSCCCO)CS2. The summed E-state index contributed by atoms with van der Waals surface area (Å²) < 4.78 is 0. The minimum absolute atomic E-state index is 0.0285. The van der Waals surface area contributed by atoms with Crippen molar-refractivity contribution >= 4 is 35.3 Å². The minimum atomic E-state index is -0.303. The zero-order chi connectivity index (χ0) is 14.6. The molecule has 0 aromatic heterocycles. The predicted octanol–water partition coefficient (Wildman–Crippen LogP) is 0.672. The molecule has 5 nitrogen and oxygen atoms in total. The number of aliphatic hydroxyl groups is 1. The van der Waals surface area contributed by atoms with Gasteiger partial charge < -0.3 is 15.3 Å². The number of hydrogen-bond acceptors (Lipinski definition) is 5. The highest BCUT2D eigenvalue weighted by Crippen LogP contribution is 2.47. The number of nitrogens with zero attached hydrogens (tertiary/aromatic N) is 1. The first-order valence-corrected chi connectivity index (χ1v) is 9.15. The van der Waals surface area contributed by atoms with Crippen LogP contribution < -0.4 is 5.32 Å². The number of aliphatic hydroxyl groups excluding tert-OH is 1. The minimum Gasteiger partial charge on any atom is -0.396 e. The van der Waals surface area contributed by atoms with Gasteiger partial charge in [-0.05, 0) is 25.5 Å². The largest absolute Gasteiger partial charge is 0.396 e. The van der Waals surface area contributed by atoms with E-state index < -0.39 is 0 Å². The molecular weight excluding hydrogens is 296 g/mol. The van der Waals surface area contributed by atoms with Crippen LogP contribution in [0.3, 0.4) is 0 Å². The molecule has 0 aromatic carbocycles. The van der Waals surface area contributed by atoms with Gasteiger partial charge in [0.1, 0.15) is 6.04 Å². The highest BCUT2D eigenvalue weighted by atomic mass is 32.2. The molecule has 2 rings (SSSR count). The van der Waals surface area contributed by atoms with Gasteiger partial charge in [0.25, 0.3) is 0 Å². The predicted molar refractivity (Wildman–Crippen MR) is 82.8 cm³/mol. The van der Waals surface area contributed by atoms with Crippen LogP contribution in [0.15, 0.2) is 0 Å². The van der Waals surface area contributed by atoms with Crippen LogP contribution in [0, 0.1) is 0 Å². The molecule has 7 heteroatoms. The maximum atomic E-state index is 12.2. The highest BCUT2D eigenvalue weighted by Gasteiger charge is 2.52. The molecule has 2 unspecified atom stereocenters. The molecule has 2 atom stereocenters. The molecule has 0 aromatic rings. The van der Waals surface area contributed by atoms with E-state index in [9.17, 15) is 9.59 Å². The zero-order valence-corrected chi connectivity index (χ0v) is 13.4. The average molecular weight is 318 g/mol. The van der Waals surface area contributed by atoms with Crippen molar-refractivity contribution in [2.24, 2.45) is 0 Å². The second kappa shape index (κ2) is 7.04. The summed E-state index contributed by atoms with van der Waals surface area (Å²) in [5.41, 5.74) is 0. The van der Waals surface area contributed by atoms with Crippen LogP contribution >= 0.6 is 23.5 Å². The van der Waals surface area contributed by atoms with E-state index in [1.54, 1.807) is 28.4 Å². The van der Waals surface area contributed by atoms with Crippen molar-refractivity contribution in [2.45, 2.75) is 37.1 Å². The average Bonchev–Trinajstić information content (AvgIpc) is 2.91. The fraction of sp³-hybridized carbons (Fsp3) is 0.846. The van der Waals surface area contributed by atoms with Crippen LogP contribution in [0.4, 0.5) is 0 Å². The van der Waals surface area contributed by atoms with Gasteiger partial charge in [-0.1, -0.05) is 0 Å². The van der Waals surface area contributed by atoms with Gasteiger partial charge in [0.05, 0.1) is 4.87 Å². The van der Waals surface area contributed by atoms with Gasteiger partial charge >= 0.3 is 0 Å². The Bertz CT molecular complexity index is 381. The summed E-state index contributed by atoms with van der Waals surface area (Å²) in [6, 6.07) is -0.303. The Morgan fingerprint density at radius 3 is 3.15 bits per heavy atom. The van der Waals surface area contributed by atoms with Gasteiger partial charge in [0, 0.05) is 31.1 Å². The van der Waals surface area contributed by atoms with Crippen molar-refractivity contribution in [3.63, 3.8) is 0 Å². The van der Waals surface area contributed by atoms with Gasteiger partial charge in [-0.25, -0.2) is 0 Å². The van der Waals surface area contributed by atoms with Crippen LogP contribution in [0.2, 0.25) is 0 Å². The first-order chi connectivity index (χ1) is 9.58. The summed E-state index contributed by atoms with van der Waals surface area (Å²) in [7, 11) is 0. The van der Waals surface area contributed by atoms with Crippen molar-refractivity contribution in [3.05, 3.63) is 0 Å². The number of fused-ring (bicyclic) bond motifs is 1. The van der Waals surface area contributed by atoms with E-state index in [4.69, 9.17) is 5.11 Å². The number of hydrogen-bond donors (Lipinski definition) is 2. The Hall–Kier alpha value is -0.400. The van der Waals surface area contributed by atoms with Crippen LogP contribution in [0.25, 0.3) is 0 Å². The maximum Gasteiger partial charge on any atom is 0.243 e. The lowest BCUT2D eigenvalue weighted by atomic mass is 10.2. The lowest BCUT2D eigenvalue weighted by Crippen LogP contribution is -2.50. The molecule has 2 amide bonds. The molecule has 2 fully saturated rings. The summed E-state index contributed by atoms with van der Waals surface area (Å²) in [6.07, 6.45) is 2.19. The lowest BCUT2D eigenvalue weighted by molar-refractivity contribution is -0.137. The van der Waals surface area contributed by atoms with Gasteiger partial charge in [-0.15, -0.1) is 11.8 Å². The summed E-state index contributed by atoms with van der Waals surface area (Å²) in [6.45, 7) is 2.89. The molecule has 0 saturated carbocycles. The third-order valence-electron chi connectivity index (χ3n) is 3.74. The summed E-state index contributed by atoms with van der Waals surface area (Å²) >= 11 is 3.44. The smallest absolute Gasteiger partial charge is 0.243 e. The summed E-state index contributed by atoms with van der Waals surface area (Å²) in [5, 5.41) is 11.6. The number of nitrogens with one attached hydrogen (secondary N) is 1. The molecule has 0 radical (unpaired) electrons. The fourth-order valence-electron chi connectivity index (χ4n) is 2.65. The van der Waals surface area contributed by atoms with Gasteiger partial charge in [-0.3, -0.25) is 9.59 Å². The molecule has 20 heavy (non-hydrogen) atoms. The monoisotopic (exact) mass is 318 g/mol. The first kappa shape index (κ1) is 16.0. The van der Waals surface area contributed by atoms with Crippen LogP contribution in [-0.2, 0) is 9.59 Å². The number of amides is 2. The summed E-state index contributed by atoms with van der Waals surface area (Å²) in [5.74, 6) is 2.53. The van der Waals surface area contributed by atoms with Crippen LogP contribution in [0.5, 0.6) is 0 Å². The molecule has 2 N–H and O–H groups in total. The molecular formula is C13H22N2O3S2. The molecule has 2 saturated heterocycles. The van der Waals surface area contributed by atoms with Crippen molar-refractivity contribution in [1.29, 1.82) is 0 Å². The lowest BCUT2D eigenvalue weighted by Gasteiger charge is -2.29. The Labute approximate surface area is 128 Å². The van der Waals surface area contributed by atoms with Crippen molar-refractivity contribution in [2.75, 3.05) is 30.4 Å². The molecule has 2 aliphatic rings. The number of rotatable bonds is 7. The van der Waals surface area contributed by atoms with Crippen LogP contribution in [0.1, 0.15) is 26.2 Å². The summed E-state index contributed by atoms with van der Waals surface area (Å²) in [4.78, 5) is 25.7. The molecule has 0 spiro atoms. The van der Waals surface area contributed by atoms with Crippen molar-refractivity contribution in [1.82, 2.24) is 10.2 Å². The molecule has 0 bridgehead atoms. The van der Waals surface area contributed by atoms with E-state index >= 15 is 0 Å². The van der Waals surface area contributed by atoms with E-state index in [0.717, 1.165) is 24.3 Å². The quantitative estimate of drug-likeness (QED) is 0.675. The molecule has 0 aliphatic carbocycles. The normalized spacial score (nSPS) is 28.8. The van der Waals surface area contributed by atoms with Gasteiger partial charge in [0.2, 0.25) is 11.8 Å².